The molecule has 0 unspecified atom stereocenters. The van der Waals surface area contributed by atoms with E-state index < -0.39 is 11.5 Å². The lowest BCUT2D eigenvalue weighted by molar-refractivity contribution is -0.136. The summed E-state index contributed by atoms with van der Waals surface area (Å²) < 4.78 is 7.96. The van der Waals surface area contributed by atoms with E-state index in [1.807, 2.05) is 7.05 Å². The summed E-state index contributed by atoms with van der Waals surface area (Å²) in [5, 5.41) is 7.56. The molecule has 3 fully saturated rings. The number of rotatable bonds is 4. The quantitative estimate of drug-likeness (QED) is 0.744. The fourth-order valence-electron chi connectivity index (χ4n) is 5.18. The number of ether oxygens (including phenoxy) is 1. The van der Waals surface area contributed by atoms with Crippen LogP contribution in [0.1, 0.15) is 24.1 Å². The Kier molecular flexibility index (Phi) is 4.69. The van der Waals surface area contributed by atoms with Crippen LogP contribution in [0.4, 0.5) is 5.82 Å². The van der Waals surface area contributed by atoms with Crippen molar-refractivity contribution in [3.8, 4) is 0 Å². The summed E-state index contributed by atoms with van der Waals surface area (Å²) in [7, 11) is 1.85. The van der Waals surface area contributed by atoms with E-state index in [0.717, 1.165) is 41.4 Å². The van der Waals surface area contributed by atoms with Gasteiger partial charge < -0.3 is 20.7 Å². The van der Waals surface area contributed by atoms with Crippen LogP contribution in [0.3, 0.4) is 0 Å². The highest BCUT2D eigenvalue weighted by Crippen LogP contribution is 2.55. The molecule has 4 aliphatic heterocycles. The average Bonchev–Trinajstić information content (AvgIpc) is 3.37. The molecule has 10 heteroatoms. The third-order valence-corrected chi connectivity index (χ3v) is 7.23. The van der Waals surface area contributed by atoms with E-state index in [0.29, 0.717) is 19.6 Å². The highest BCUT2D eigenvalue weighted by atomic mass is 35.5. The van der Waals surface area contributed by atoms with Gasteiger partial charge in [-0.15, -0.1) is 12.4 Å². The van der Waals surface area contributed by atoms with Gasteiger partial charge in [0.05, 0.1) is 35.8 Å². The number of amides is 2. The number of fused-ring (bicyclic) bond motifs is 2. The Bertz CT molecular complexity index is 802. The van der Waals surface area contributed by atoms with Crippen LogP contribution in [-0.2, 0) is 32.9 Å². The number of hydrogen-bond donors (Lipinski definition) is 2. The third kappa shape index (κ3) is 2.62. The molecule has 0 saturated carbocycles. The number of likely N-dealkylation sites (tertiary alicyclic amines) is 1. The van der Waals surface area contributed by atoms with Crippen LogP contribution < -0.4 is 11.1 Å². The van der Waals surface area contributed by atoms with Crippen LogP contribution in [0.15, 0.2) is 0 Å². The molecule has 3 saturated heterocycles. The molecule has 3 N–H and O–H groups in total. The number of halogens is 1. The molecule has 4 atom stereocenters. The number of hydrogen-bond acceptors (Lipinski definition) is 6. The van der Waals surface area contributed by atoms with Crippen molar-refractivity contribution in [1.82, 2.24) is 14.7 Å². The lowest BCUT2D eigenvalue weighted by atomic mass is 9.73. The highest BCUT2D eigenvalue weighted by molar-refractivity contribution is 7.98. The van der Waals surface area contributed by atoms with E-state index in [-0.39, 0.29) is 36.2 Å². The number of aromatic nitrogens is 2. The maximum Gasteiger partial charge on any atom is 0.232 e. The zero-order valence-corrected chi connectivity index (χ0v) is 16.8. The van der Waals surface area contributed by atoms with Gasteiger partial charge >= 0.3 is 0 Å². The predicted molar refractivity (Wildman–Crippen MR) is 104 cm³/mol. The van der Waals surface area contributed by atoms with Gasteiger partial charge in [-0.25, -0.2) is 0 Å². The van der Waals surface area contributed by atoms with Crippen molar-refractivity contribution in [3.63, 3.8) is 0 Å². The molecule has 4 aliphatic rings. The summed E-state index contributed by atoms with van der Waals surface area (Å²) in [6.45, 7) is 1.51. The smallest absolute Gasteiger partial charge is 0.232 e. The molecule has 8 nitrogen and oxygen atoms in total. The molecular weight excluding hydrogens is 390 g/mol. The molecule has 0 aromatic carbocycles. The largest absolute Gasteiger partial charge is 0.368 e. The Hall–Kier alpha value is -1.29. The molecule has 5 rings (SSSR count). The summed E-state index contributed by atoms with van der Waals surface area (Å²) in [4.78, 5) is 27.9. The van der Waals surface area contributed by atoms with E-state index in [4.69, 9.17) is 10.5 Å². The molecule has 2 amide bonds. The molecule has 1 spiro atoms. The number of carbonyl (C=O) groups excluding carboxylic acids is 2. The van der Waals surface area contributed by atoms with Crippen LogP contribution in [0.2, 0.25) is 0 Å². The Balaban J connectivity index is 0.00000180. The number of nitrogens with one attached hydrogen (secondary N) is 1. The van der Waals surface area contributed by atoms with Crippen molar-refractivity contribution in [2.24, 2.45) is 24.6 Å². The predicted octanol–water partition coefficient (Wildman–Crippen LogP) is 0.492. The summed E-state index contributed by atoms with van der Waals surface area (Å²) >= 11 is 1.80. The minimum absolute atomic E-state index is 0. The van der Waals surface area contributed by atoms with E-state index in [2.05, 4.69) is 10.4 Å². The number of nitrogens with zero attached hydrogens (tertiary/aromatic N) is 3. The van der Waals surface area contributed by atoms with Crippen LogP contribution in [0.25, 0.3) is 0 Å². The molecule has 1 aromatic heterocycles. The molecule has 0 radical (unpaired) electrons. The van der Waals surface area contributed by atoms with Crippen molar-refractivity contribution < 1.29 is 14.3 Å². The van der Waals surface area contributed by atoms with Gasteiger partial charge in [0.2, 0.25) is 11.8 Å². The summed E-state index contributed by atoms with van der Waals surface area (Å²) in [6.07, 6.45) is 1.51. The molecule has 0 aliphatic carbocycles. The minimum Gasteiger partial charge on any atom is -0.368 e. The van der Waals surface area contributed by atoms with Gasteiger partial charge in [0.1, 0.15) is 5.82 Å². The summed E-state index contributed by atoms with van der Waals surface area (Å²) in [5.74, 6) is 1.58. The average molecular weight is 414 g/mol. The topological polar surface area (TPSA) is 102 Å². The van der Waals surface area contributed by atoms with Gasteiger partial charge in [-0.3, -0.25) is 14.3 Å². The molecule has 27 heavy (non-hydrogen) atoms. The van der Waals surface area contributed by atoms with Crippen LogP contribution in [0.5, 0.6) is 0 Å². The van der Waals surface area contributed by atoms with Gasteiger partial charge in [-0.1, -0.05) is 0 Å². The number of thioether (sulfide) groups is 1. The van der Waals surface area contributed by atoms with Crippen molar-refractivity contribution in [3.05, 3.63) is 11.3 Å². The number of anilines is 1. The molecule has 2 bridgehead atoms. The Morgan fingerprint density at radius 2 is 2.30 bits per heavy atom. The number of aryl methyl sites for hydroxylation is 1. The van der Waals surface area contributed by atoms with E-state index in [1.54, 1.807) is 21.3 Å². The Morgan fingerprint density at radius 3 is 3.07 bits per heavy atom. The van der Waals surface area contributed by atoms with E-state index in [1.165, 1.54) is 0 Å². The summed E-state index contributed by atoms with van der Waals surface area (Å²) in [5.41, 5.74) is 7.29. The van der Waals surface area contributed by atoms with E-state index in [9.17, 15) is 9.59 Å². The normalized spacial score (nSPS) is 33.2. The van der Waals surface area contributed by atoms with Crippen molar-refractivity contribution in [2.45, 2.75) is 36.1 Å². The highest BCUT2D eigenvalue weighted by Gasteiger charge is 2.68. The fourth-order valence-corrected chi connectivity index (χ4v) is 6.22. The third-order valence-electron chi connectivity index (χ3n) is 6.26. The van der Waals surface area contributed by atoms with Gasteiger partial charge in [0, 0.05) is 37.2 Å². The van der Waals surface area contributed by atoms with Crippen LogP contribution >= 0.6 is 24.2 Å². The van der Waals surface area contributed by atoms with Crippen molar-refractivity contribution >= 4 is 41.8 Å². The first-order chi connectivity index (χ1) is 12.5. The monoisotopic (exact) mass is 413 g/mol. The van der Waals surface area contributed by atoms with Crippen molar-refractivity contribution in [2.75, 3.05) is 25.0 Å². The maximum absolute atomic E-state index is 13.2. The first-order valence-electron chi connectivity index (χ1n) is 9.14. The van der Waals surface area contributed by atoms with Crippen LogP contribution in [0, 0.1) is 11.8 Å². The van der Waals surface area contributed by atoms with Crippen molar-refractivity contribution in [1.29, 1.82) is 0 Å². The lowest BCUT2D eigenvalue weighted by Crippen LogP contribution is -2.43. The van der Waals surface area contributed by atoms with Gasteiger partial charge in [-0.2, -0.15) is 16.9 Å². The Morgan fingerprint density at radius 1 is 1.48 bits per heavy atom. The Labute approximate surface area is 167 Å². The summed E-state index contributed by atoms with van der Waals surface area (Å²) in [6, 6.07) is 0. The van der Waals surface area contributed by atoms with Gasteiger partial charge in [0.25, 0.3) is 0 Å². The molecular formula is C17H24ClN5O3S. The number of carbonyl (C=O) groups is 2. The number of nitrogens with two attached hydrogens (primary N) is 1. The van der Waals surface area contributed by atoms with Crippen LogP contribution in [-0.4, -0.2) is 57.8 Å². The van der Waals surface area contributed by atoms with Gasteiger partial charge in [0.15, 0.2) is 0 Å². The zero-order valence-electron chi connectivity index (χ0n) is 15.1. The molecule has 5 heterocycles. The molecule has 1 aromatic rings. The standard InChI is InChI=1S/C17H23N5O3S.ClH/c1-21-14(9-6-26-7-10(9)20-21)19-15(23)12-11-2-3-17(25-11)8-22(5-4-18)16(24)13(12)17;/h11-13H,2-8,18H2,1H3,(H,19,23);1H/t11-,12-,13+,17-;/m0./s1. The molecule has 148 valence electrons. The minimum atomic E-state index is -0.497. The SMILES string of the molecule is Cl.Cn1nc2c(c1NC(=O)[C@H]1[C@@H]3CC[C@@]4(CN(CCN)C(=O)[C@@H]14)O3)CSC2. The second-order valence-electron chi connectivity index (χ2n) is 7.69. The lowest BCUT2D eigenvalue weighted by Gasteiger charge is -2.27. The first kappa shape index (κ1) is 19.0. The first-order valence-corrected chi connectivity index (χ1v) is 10.3. The zero-order chi connectivity index (χ0) is 18.1. The maximum atomic E-state index is 13.2. The second kappa shape index (κ2) is 6.65. The fraction of sp³-hybridized carbons (Fsp3) is 0.706. The van der Waals surface area contributed by atoms with E-state index >= 15 is 0 Å². The second-order valence-corrected chi connectivity index (χ2v) is 8.68. The van der Waals surface area contributed by atoms with Gasteiger partial charge in [-0.05, 0) is 12.8 Å².